The molecule has 1 aromatic rings. The van der Waals surface area contributed by atoms with E-state index in [2.05, 4.69) is 0 Å². The highest BCUT2D eigenvalue weighted by Gasteiger charge is 2.84. The normalized spacial score (nSPS) is 48.0. The first kappa shape index (κ1) is 22.5. The third kappa shape index (κ3) is 2.82. The van der Waals surface area contributed by atoms with Gasteiger partial charge in [0.2, 0.25) is 0 Å². The van der Waals surface area contributed by atoms with E-state index < -0.39 is 64.6 Å². The lowest BCUT2D eigenvalue weighted by atomic mass is 9.46. The molecule has 172 valence electrons. The van der Waals surface area contributed by atoms with Crippen molar-refractivity contribution >= 4 is 5.97 Å². The van der Waals surface area contributed by atoms with Crippen LogP contribution in [0.1, 0.15) is 41.0 Å². The van der Waals surface area contributed by atoms with Crippen molar-refractivity contribution in [3.05, 3.63) is 30.3 Å². The molecule has 0 amide bonds. The van der Waals surface area contributed by atoms with Crippen LogP contribution in [0.3, 0.4) is 0 Å². The molecular weight excluding hydrogens is 404 g/mol. The number of hydrogen-bond donors (Lipinski definition) is 4. The van der Waals surface area contributed by atoms with Crippen LogP contribution in [-0.4, -0.2) is 73.7 Å². The lowest BCUT2D eigenvalue weighted by Gasteiger charge is -2.65. The SMILES string of the molecule is CC(=O)O[C@H]1[C@@H](O)C[C@](C)(O)[C@]23OC(C)(C)[C@H]([C@H](O)[C@H](Oc4ccccc4)[C@]12C)[C@H]3O. The zero-order chi connectivity index (χ0) is 23.0. The number of carbonyl (C=O) groups excluding carboxylic acids is 1. The number of rotatable bonds is 3. The Morgan fingerprint density at radius 3 is 2.26 bits per heavy atom. The first-order valence-corrected chi connectivity index (χ1v) is 10.7. The molecule has 1 spiro atoms. The van der Waals surface area contributed by atoms with Gasteiger partial charge in [-0.25, -0.2) is 0 Å². The summed E-state index contributed by atoms with van der Waals surface area (Å²) in [7, 11) is 0. The van der Waals surface area contributed by atoms with E-state index in [-0.39, 0.29) is 6.42 Å². The fourth-order valence-electron chi connectivity index (χ4n) is 6.62. The lowest BCUT2D eigenvalue weighted by molar-refractivity contribution is -0.348. The molecule has 0 unspecified atom stereocenters. The first-order valence-electron chi connectivity index (χ1n) is 10.7. The van der Waals surface area contributed by atoms with Crippen molar-refractivity contribution in [2.45, 2.75) is 88.4 Å². The Labute approximate surface area is 181 Å². The van der Waals surface area contributed by atoms with Crippen LogP contribution in [-0.2, 0) is 14.3 Å². The van der Waals surface area contributed by atoms with Crippen LogP contribution in [0.2, 0.25) is 0 Å². The van der Waals surface area contributed by atoms with Gasteiger partial charge in [0.1, 0.15) is 23.6 Å². The van der Waals surface area contributed by atoms with Gasteiger partial charge in [-0.3, -0.25) is 4.79 Å². The Kier molecular flexibility index (Phi) is 5.00. The quantitative estimate of drug-likeness (QED) is 0.513. The second-order valence-electron chi connectivity index (χ2n) is 10.1. The molecule has 1 heterocycles. The number of hydrogen-bond acceptors (Lipinski definition) is 8. The van der Waals surface area contributed by atoms with E-state index in [1.807, 2.05) is 6.07 Å². The molecule has 0 aromatic heterocycles. The minimum absolute atomic E-state index is 0.186. The van der Waals surface area contributed by atoms with Crippen LogP contribution in [0.25, 0.3) is 0 Å². The van der Waals surface area contributed by atoms with Gasteiger partial charge >= 0.3 is 5.97 Å². The number of ether oxygens (including phenoxy) is 3. The van der Waals surface area contributed by atoms with Crippen molar-refractivity contribution in [3.63, 3.8) is 0 Å². The van der Waals surface area contributed by atoms with Crippen LogP contribution in [0.4, 0.5) is 0 Å². The fourth-order valence-corrected chi connectivity index (χ4v) is 6.62. The molecule has 8 heteroatoms. The lowest BCUT2D eigenvalue weighted by Crippen LogP contribution is -2.83. The minimum Gasteiger partial charge on any atom is -0.487 e. The molecule has 1 aromatic carbocycles. The molecule has 3 fully saturated rings. The molecule has 31 heavy (non-hydrogen) atoms. The molecule has 2 aliphatic carbocycles. The molecule has 8 nitrogen and oxygen atoms in total. The average molecular weight is 437 g/mol. The fraction of sp³-hybridized carbons (Fsp3) is 0.696. The molecule has 1 aliphatic heterocycles. The number of esters is 1. The standard InChI is InChI=1S/C23H32O8/c1-12(24)29-18-14(25)11-21(4,28)23-17(27)15(20(2,3)31-23)16(26)19(22(18,23)5)30-13-9-7-6-8-10-13/h6-10,14-19,25-28H,11H2,1-5H3/t14-,15+,16-,17+,18-,19-,21-,22-,23-/m0/s1. The maximum absolute atomic E-state index is 12.0. The highest BCUT2D eigenvalue weighted by atomic mass is 16.6. The van der Waals surface area contributed by atoms with Crippen LogP contribution >= 0.6 is 0 Å². The third-order valence-electron chi connectivity index (χ3n) is 7.70. The van der Waals surface area contributed by atoms with Gasteiger partial charge < -0.3 is 34.6 Å². The van der Waals surface area contributed by atoms with Crippen molar-refractivity contribution in [1.82, 2.24) is 0 Å². The zero-order valence-electron chi connectivity index (χ0n) is 18.5. The van der Waals surface area contributed by atoms with E-state index in [1.165, 1.54) is 13.8 Å². The largest absolute Gasteiger partial charge is 0.487 e. The summed E-state index contributed by atoms with van der Waals surface area (Å²) in [6, 6.07) is 8.83. The van der Waals surface area contributed by atoms with Gasteiger partial charge in [-0.15, -0.1) is 0 Å². The third-order valence-corrected chi connectivity index (χ3v) is 7.70. The minimum atomic E-state index is -1.71. The van der Waals surface area contributed by atoms with E-state index in [0.29, 0.717) is 5.75 Å². The molecule has 2 bridgehead atoms. The summed E-state index contributed by atoms with van der Waals surface area (Å²) in [5.41, 5.74) is -5.91. The van der Waals surface area contributed by atoms with Crippen LogP contribution in [0.5, 0.6) is 5.75 Å². The summed E-state index contributed by atoms with van der Waals surface area (Å²) in [6.07, 6.45) is -6.23. The molecule has 2 saturated carbocycles. The number of fused-ring (bicyclic) bond motifs is 1. The molecule has 4 N–H and O–H groups in total. The molecule has 0 radical (unpaired) electrons. The Bertz CT molecular complexity index is 854. The topological polar surface area (TPSA) is 126 Å². The van der Waals surface area contributed by atoms with Gasteiger partial charge in [-0.1, -0.05) is 18.2 Å². The van der Waals surface area contributed by atoms with Crippen LogP contribution < -0.4 is 4.74 Å². The number of para-hydroxylation sites is 1. The van der Waals surface area contributed by atoms with Crippen molar-refractivity contribution < 1.29 is 39.4 Å². The van der Waals surface area contributed by atoms with E-state index >= 15 is 0 Å². The van der Waals surface area contributed by atoms with Gasteiger partial charge in [0.15, 0.2) is 0 Å². The Morgan fingerprint density at radius 2 is 1.68 bits per heavy atom. The first-order chi connectivity index (χ1) is 14.3. The molecule has 3 aliphatic rings. The average Bonchev–Trinajstić information content (AvgIpc) is 2.85. The van der Waals surface area contributed by atoms with Crippen molar-refractivity contribution in [2.75, 3.05) is 0 Å². The second-order valence-corrected chi connectivity index (χ2v) is 10.1. The van der Waals surface area contributed by atoms with Gasteiger partial charge in [0, 0.05) is 19.3 Å². The summed E-state index contributed by atoms with van der Waals surface area (Å²) >= 11 is 0. The molecular formula is C23H32O8. The predicted octanol–water partition coefficient (Wildman–Crippen LogP) is 0.787. The van der Waals surface area contributed by atoms with Crippen LogP contribution in [0, 0.1) is 11.3 Å². The maximum atomic E-state index is 12.0. The summed E-state index contributed by atoms with van der Waals surface area (Å²) in [6.45, 7) is 7.84. The van der Waals surface area contributed by atoms with Gasteiger partial charge in [0.05, 0.1) is 34.9 Å². The molecule has 1 saturated heterocycles. The van der Waals surface area contributed by atoms with Crippen molar-refractivity contribution in [3.8, 4) is 5.75 Å². The van der Waals surface area contributed by atoms with Crippen LogP contribution in [0.15, 0.2) is 30.3 Å². The van der Waals surface area contributed by atoms with Crippen molar-refractivity contribution in [2.24, 2.45) is 11.3 Å². The predicted molar refractivity (Wildman–Crippen MR) is 109 cm³/mol. The summed E-state index contributed by atoms with van der Waals surface area (Å²) in [5, 5.41) is 45.5. The van der Waals surface area contributed by atoms with E-state index in [4.69, 9.17) is 14.2 Å². The summed E-state index contributed by atoms with van der Waals surface area (Å²) in [5.74, 6) is -0.962. The van der Waals surface area contributed by atoms with Gasteiger partial charge in [0.25, 0.3) is 0 Å². The molecule has 9 atom stereocenters. The van der Waals surface area contributed by atoms with Crippen molar-refractivity contribution in [1.29, 1.82) is 0 Å². The van der Waals surface area contributed by atoms with E-state index in [0.717, 1.165) is 0 Å². The number of benzene rings is 1. The monoisotopic (exact) mass is 436 g/mol. The number of aliphatic hydroxyl groups excluding tert-OH is 3. The molecule has 4 rings (SSSR count). The maximum Gasteiger partial charge on any atom is 0.303 e. The Morgan fingerprint density at radius 1 is 1.06 bits per heavy atom. The second kappa shape index (κ2) is 6.89. The Balaban J connectivity index is 1.96. The van der Waals surface area contributed by atoms with E-state index in [1.54, 1.807) is 45.0 Å². The zero-order valence-corrected chi connectivity index (χ0v) is 18.5. The number of carbonyl (C=O) groups is 1. The highest BCUT2D eigenvalue weighted by Crippen LogP contribution is 2.67. The Hall–Kier alpha value is -1.71. The smallest absolute Gasteiger partial charge is 0.303 e. The summed E-state index contributed by atoms with van der Waals surface area (Å²) in [4.78, 5) is 12.0. The van der Waals surface area contributed by atoms with E-state index in [9.17, 15) is 25.2 Å². The van der Waals surface area contributed by atoms with Gasteiger partial charge in [-0.2, -0.15) is 0 Å². The number of aliphatic hydroxyl groups is 4. The summed E-state index contributed by atoms with van der Waals surface area (Å²) < 4.78 is 18.3. The van der Waals surface area contributed by atoms with Gasteiger partial charge in [-0.05, 0) is 39.8 Å². The highest BCUT2D eigenvalue weighted by molar-refractivity contribution is 5.66.